The van der Waals surface area contributed by atoms with Crippen LogP contribution in [0.4, 0.5) is 29.6 Å². The molecule has 3 N–H and O–H groups in total. The van der Waals surface area contributed by atoms with Gasteiger partial charge in [-0.25, -0.2) is 14.8 Å². The lowest BCUT2D eigenvalue weighted by Gasteiger charge is -2.24. The molecule has 0 aliphatic heterocycles. The number of alkyl halides is 3. The number of carboxylic acids is 1. The molecule has 0 saturated heterocycles. The van der Waals surface area contributed by atoms with Gasteiger partial charge in [0.05, 0.1) is 5.56 Å². The number of nitrogens with zero attached hydrogens (tertiary/aromatic N) is 2. The highest BCUT2D eigenvalue weighted by Crippen LogP contribution is 2.32. The Hall–Kier alpha value is -3.95. The summed E-state index contributed by atoms with van der Waals surface area (Å²) in [5, 5.41) is 13.7. The second-order valence-corrected chi connectivity index (χ2v) is 8.14. The van der Waals surface area contributed by atoms with Crippen LogP contribution in [0.25, 0.3) is 11.1 Å². The summed E-state index contributed by atoms with van der Waals surface area (Å²) < 4.78 is 38.4. The predicted molar refractivity (Wildman–Crippen MR) is 119 cm³/mol. The van der Waals surface area contributed by atoms with Crippen LogP contribution >= 0.6 is 0 Å². The summed E-state index contributed by atoms with van der Waals surface area (Å²) >= 11 is 0. The van der Waals surface area contributed by atoms with Crippen LogP contribution in [0.1, 0.15) is 29.5 Å². The lowest BCUT2D eigenvalue weighted by molar-refractivity contribution is -0.138. The number of anilines is 2. The zero-order valence-electron chi connectivity index (χ0n) is 17.9. The van der Waals surface area contributed by atoms with Crippen molar-refractivity contribution in [1.82, 2.24) is 9.97 Å². The number of amides is 2. The van der Waals surface area contributed by atoms with Gasteiger partial charge in [0.1, 0.15) is 0 Å². The van der Waals surface area contributed by atoms with E-state index in [4.69, 9.17) is 5.11 Å². The van der Waals surface area contributed by atoms with Gasteiger partial charge in [-0.05, 0) is 60.1 Å². The second-order valence-electron chi connectivity index (χ2n) is 8.14. The molecule has 176 valence electrons. The molecule has 0 bridgehead atoms. The molecule has 1 heterocycles. The van der Waals surface area contributed by atoms with Crippen molar-refractivity contribution in [3.05, 3.63) is 71.5 Å². The first-order chi connectivity index (χ1) is 16.2. The molecule has 4 rings (SSSR count). The van der Waals surface area contributed by atoms with Gasteiger partial charge in [0.15, 0.2) is 0 Å². The van der Waals surface area contributed by atoms with Crippen LogP contribution in [-0.4, -0.2) is 27.1 Å². The molecular formula is C24H21F3N4O3. The number of halogens is 3. The average Bonchev–Trinajstić information content (AvgIpc) is 2.78. The van der Waals surface area contributed by atoms with Crippen LogP contribution in [0.2, 0.25) is 0 Å². The number of hydrogen-bond acceptors (Lipinski definition) is 4. The number of carbonyl (C=O) groups is 2. The van der Waals surface area contributed by atoms with E-state index in [1.165, 1.54) is 17.7 Å². The van der Waals surface area contributed by atoms with Crippen molar-refractivity contribution >= 4 is 23.6 Å². The molecule has 0 fully saturated rings. The summed E-state index contributed by atoms with van der Waals surface area (Å²) in [6, 6.07) is 9.49. The number of aromatic nitrogens is 2. The van der Waals surface area contributed by atoms with Crippen molar-refractivity contribution in [2.45, 2.75) is 31.9 Å². The number of nitrogens with one attached hydrogen (secondary N) is 2. The minimum Gasteiger partial charge on any atom is -0.481 e. The third-order valence-electron chi connectivity index (χ3n) is 5.66. The Labute approximate surface area is 193 Å². The Morgan fingerprint density at radius 1 is 1.00 bits per heavy atom. The van der Waals surface area contributed by atoms with E-state index in [1.807, 2.05) is 18.2 Å². The number of urea groups is 1. The van der Waals surface area contributed by atoms with Crippen molar-refractivity contribution in [1.29, 1.82) is 0 Å². The van der Waals surface area contributed by atoms with E-state index < -0.39 is 23.7 Å². The third kappa shape index (κ3) is 5.69. The predicted octanol–water partition coefficient (Wildman–Crippen LogP) is 5.39. The molecule has 3 aromatic rings. The average molecular weight is 470 g/mol. The van der Waals surface area contributed by atoms with Crippen molar-refractivity contribution in [3.63, 3.8) is 0 Å². The Bertz CT molecular complexity index is 1210. The van der Waals surface area contributed by atoms with Gasteiger partial charge in [-0.1, -0.05) is 24.3 Å². The molecule has 34 heavy (non-hydrogen) atoms. The van der Waals surface area contributed by atoms with Crippen LogP contribution in [0.3, 0.4) is 0 Å². The summed E-state index contributed by atoms with van der Waals surface area (Å²) in [6.45, 7) is 0. The van der Waals surface area contributed by atoms with Crippen molar-refractivity contribution in [2.75, 3.05) is 10.6 Å². The summed E-state index contributed by atoms with van der Waals surface area (Å²) in [6.07, 6.45) is 1.12. The van der Waals surface area contributed by atoms with Gasteiger partial charge in [-0.2, -0.15) is 13.2 Å². The smallest absolute Gasteiger partial charge is 0.416 e. The number of carboxylic acid groups (broad SMARTS) is 1. The summed E-state index contributed by atoms with van der Waals surface area (Å²) in [4.78, 5) is 31.3. The molecular weight excluding hydrogens is 449 g/mol. The van der Waals surface area contributed by atoms with Crippen molar-refractivity contribution < 1.29 is 27.9 Å². The van der Waals surface area contributed by atoms with E-state index >= 15 is 0 Å². The number of aryl methyl sites for hydroxylation is 1. The van der Waals surface area contributed by atoms with Gasteiger partial charge >= 0.3 is 18.2 Å². The first kappa shape index (κ1) is 23.2. The fourth-order valence-corrected chi connectivity index (χ4v) is 4.01. The number of hydrogen-bond donors (Lipinski definition) is 3. The molecule has 2 amide bonds. The second kappa shape index (κ2) is 9.50. The molecule has 1 aliphatic rings. The first-order valence-corrected chi connectivity index (χ1v) is 10.6. The molecule has 1 unspecified atom stereocenters. The molecule has 7 nitrogen and oxygen atoms in total. The quantitative estimate of drug-likeness (QED) is 0.464. The molecule has 0 saturated carbocycles. The summed E-state index contributed by atoms with van der Waals surface area (Å²) in [5.41, 5.74) is 3.07. The number of carbonyl (C=O) groups excluding carboxylic acids is 1. The summed E-state index contributed by atoms with van der Waals surface area (Å²) in [7, 11) is 0. The molecule has 0 radical (unpaired) electrons. The Kier molecular flexibility index (Phi) is 6.49. The maximum absolute atomic E-state index is 12.8. The Morgan fingerprint density at radius 2 is 1.76 bits per heavy atom. The van der Waals surface area contributed by atoms with Gasteiger partial charge in [-0.3, -0.25) is 10.1 Å². The molecule has 2 aromatic carbocycles. The number of rotatable bonds is 5. The van der Waals surface area contributed by atoms with Gasteiger partial charge in [0, 0.05) is 30.1 Å². The summed E-state index contributed by atoms with van der Waals surface area (Å²) in [5.74, 6) is -0.631. The fourth-order valence-electron chi connectivity index (χ4n) is 4.01. The highest BCUT2D eigenvalue weighted by Gasteiger charge is 2.30. The topological polar surface area (TPSA) is 104 Å². The maximum atomic E-state index is 12.8. The monoisotopic (exact) mass is 470 g/mol. The van der Waals surface area contributed by atoms with E-state index in [0.29, 0.717) is 0 Å². The van der Waals surface area contributed by atoms with E-state index in [2.05, 4.69) is 20.6 Å². The molecule has 1 aromatic heterocycles. The maximum Gasteiger partial charge on any atom is 0.416 e. The molecule has 1 atom stereocenters. The lowest BCUT2D eigenvalue weighted by Crippen LogP contribution is -2.21. The van der Waals surface area contributed by atoms with Crippen LogP contribution in [0.5, 0.6) is 0 Å². The zero-order chi connectivity index (χ0) is 24.3. The standard InChI is InChI=1S/C24H21F3N4O3/c25-24(26,27)19-2-1-3-20(11-19)30-23(34)31-22-28-12-18(13-29-22)17-7-6-15-8-14(9-21(32)33)4-5-16(15)10-17/h1-3,6-7,10-14H,4-5,8-9H2,(H,32,33)(H2,28,29,30,31,34). The first-order valence-electron chi connectivity index (χ1n) is 10.6. The van der Waals surface area contributed by atoms with Gasteiger partial charge in [0.25, 0.3) is 0 Å². The van der Waals surface area contributed by atoms with Crippen LogP contribution < -0.4 is 10.6 Å². The van der Waals surface area contributed by atoms with E-state index in [0.717, 1.165) is 48.1 Å². The van der Waals surface area contributed by atoms with E-state index in [9.17, 15) is 22.8 Å². The van der Waals surface area contributed by atoms with Crippen LogP contribution in [-0.2, 0) is 23.8 Å². The normalized spacial score (nSPS) is 15.3. The van der Waals surface area contributed by atoms with Crippen molar-refractivity contribution in [3.8, 4) is 11.1 Å². The van der Waals surface area contributed by atoms with E-state index in [-0.39, 0.29) is 24.0 Å². The SMILES string of the molecule is O=C(O)CC1CCc2cc(-c3cnc(NC(=O)Nc4cccc(C(F)(F)F)c4)nc3)ccc2C1. The minimum absolute atomic E-state index is 0.00250. The molecule has 10 heteroatoms. The van der Waals surface area contributed by atoms with Crippen LogP contribution in [0, 0.1) is 5.92 Å². The lowest BCUT2D eigenvalue weighted by atomic mass is 9.81. The number of fused-ring (bicyclic) bond motifs is 1. The minimum atomic E-state index is -4.51. The Morgan fingerprint density at radius 3 is 2.47 bits per heavy atom. The fraction of sp³-hybridized carbons (Fsp3) is 0.250. The largest absolute Gasteiger partial charge is 0.481 e. The van der Waals surface area contributed by atoms with Gasteiger partial charge in [0.2, 0.25) is 5.95 Å². The highest BCUT2D eigenvalue weighted by atomic mass is 19.4. The Balaban J connectivity index is 1.39. The third-order valence-corrected chi connectivity index (χ3v) is 5.66. The zero-order valence-corrected chi connectivity index (χ0v) is 17.9. The number of benzene rings is 2. The van der Waals surface area contributed by atoms with Crippen LogP contribution in [0.15, 0.2) is 54.9 Å². The molecule has 1 aliphatic carbocycles. The van der Waals surface area contributed by atoms with Crippen molar-refractivity contribution in [2.24, 2.45) is 5.92 Å². The van der Waals surface area contributed by atoms with Gasteiger partial charge < -0.3 is 10.4 Å². The van der Waals surface area contributed by atoms with Gasteiger partial charge in [-0.15, -0.1) is 0 Å². The molecule has 0 spiro atoms. The van der Waals surface area contributed by atoms with E-state index in [1.54, 1.807) is 12.4 Å². The highest BCUT2D eigenvalue weighted by molar-refractivity contribution is 5.98. The number of aliphatic carboxylic acids is 1.